The number of hydrogen-bond acceptors (Lipinski definition) is 10. The lowest BCUT2D eigenvalue weighted by Gasteiger charge is -2.41. The van der Waals surface area contributed by atoms with Crippen molar-refractivity contribution in [3.8, 4) is 0 Å². The highest BCUT2D eigenvalue weighted by Crippen LogP contribution is 2.26. The molecule has 1 fully saturated rings. The Morgan fingerprint density at radius 3 is 1.22 bits per heavy atom. The lowest BCUT2D eigenvalue weighted by molar-refractivity contribution is -0.305. The van der Waals surface area contributed by atoms with E-state index < -0.39 is 67.4 Å². The number of allylic oxidation sites excluding steroid dienone is 15. The van der Waals surface area contributed by atoms with Gasteiger partial charge in [-0.3, -0.25) is 9.59 Å². The number of carbonyl (C=O) groups excluding carboxylic acids is 2. The van der Waals surface area contributed by atoms with E-state index in [4.69, 9.17) is 14.2 Å². The summed E-state index contributed by atoms with van der Waals surface area (Å²) >= 11 is 0. The van der Waals surface area contributed by atoms with Crippen LogP contribution >= 0.6 is 0 Å². The maximum Gasteiger partial charge on any atom is 0.306 e. The smallest absolute Gasteiger partial charge is 0.306 e. The van der Waals surface area contributed by atoms with Crippen LogP contribution in [0.2, 0.25) is 0 Å². The SMILES string of the molecule is CC/C=C\C/C=C\C/C=C\C/C=C\C/C=C\C/C=C\CCCCCCCCCC(O)C(=O)NC(COC1OC(CO)C(O)C(O)C1OC(=O)CCCCCCCCCCCCC/C=C/CCCCCCCC)C(O)/C=C/CCCCCCCCCCCCC. The minimum Gasteiger partial charge on any atom is -0.454 e. The van der Waals surface area contributed by atoms with Gasteiger partial charge in [0.05, 0.1) is 25.4 Å². The third kappa shape index (κ3) is 51.7. The summed E-state index contributed by atoms with van der Waals surface area (Å²) in [6, 6.07) is -1.04. The van der Waals surface area contributed by atoms with E-state index in [-0.39, 0.29) is 19.4 Å². The Labute approximate surface area is 546 Å². The molecule has 0 saturated carbocycles. The summed E-state index contributed by atoms with van der Waals surface area (Å²) in [5.41, 5.74) is 0. The number of aliphatic hydroxyl groups excluding tert-OH is 5. The zero-order valence-electron chi connectivity index (χ0n) is 57.3. The van der Waals surface area contributed by atoms with Gasteiger partial charge in [-0.1, -0.05) is 311 Å². The zero-order chi connectivity index (χ0) is 64.6. The molecule has 0 aliphatic carbocycles. The summed E-state index contributed by atoms with van der Waals surface area (Å²) in [5.74, 6) is -1.20. The number of esters is 1. The lowest BCUT2D eigenvalue weighted by atomic mass is 9.99. The molecule has 514 valence electrons. The van der Waals surface area contributed by atoms with Crippen molar-refractivity contribution in [2.24, 2.45) is 0 Å². The first-order valence-corrected chi connectivity index (χ1v) is 37.0. The van der Waals surface area contributed by atoms with E-state index in [0.29, 0.717) is 12.8 Å². The second-order valence-corrected chi connectivity index (χ2v) is 25.3. The van der Waals surface area contributed by atoms with Gasteiger partial charge < -0.3 is 45.1 Å². The first kappa shape index (κ1) is 83.6. The summed E-state index contributed by atoms with van der Waals surface area (Å²) in [5, 5.41) is 57.3. The Kier molecular flexibility index (Phi) is 60.7. The molecule has 8 unspecified atom stereocenters. The second kappa shape index (κ2) is 64.7. The van der Waals surface area contributed by atoms with Crippen LogP contribution in [-0.2, 0) is 23.8 Å². The van der Waals surface area contributed by atoms with Gasteiger partial charge in [-0.25, -0.2) is 0 Å². The highest BCUT2D eigenvalue weighted by molar-refractivity contribution is 5.80. The minimum atomic E-state index is -1.62. The number of carbonyl (C=O) groups is 2. The molecule has 0 aromatic carbocycles. The van der Waals surface area contributed by atoms with Crippen LogP contribution in [0.15, 0.2) is 97.2 Å². The Hall–Kier alpha value is -3.42. The molecule has 6 N–H and O–H groups in total. The van der Waals surface area contributed by atoms with Crippen molar-refractivity contribution in [1.29, 1.82) is 0 Å². The third-order valence-corrected chi connectivity index (χ3v) is 17.0. The van der Waals surface area contributed by atoms with E-state index in [1.54, 1.807) is 6.08 Å². The fourth-order valence-corrected chi connectivity index (χ4v) is 11.2. The topological polar surface area (TPSA) is 175 Å². The molecule has 0 spiro atoms. The van der Waals surface area contributed by atoms with Gasteiger partial charge in [0.2, 0.25) is 5.91 Å². The van der Waals surface area contributed by atoms with Crippen molar-refractivity contribution in [3.63, 3.8) is 0 Å². The standard InChI is InChI=1S/C78H137NO10/c1-4-7-10-13-16-19-22-25-27-29-31-33-34-35-36-37-39-40-42-44-47-50-53-56-59-62-65-71(82)77(86)79-69(70(81)64-61-58-55-52-49-46-24-21-18-15-12-9-6-3)68-87-78-76(75(85)74(84)72(67-80)88-78)89-73(83)66-63-60-57-54-51-48-45-43-41-38-32-30-28-26-23-20-17-14-11-8-5-2/h7,10,16,19,25-28,31,33,35-36,39-40,61,64,69-72,74-76,78,80-82,84-85H,4-6,8-9,11-15,17-18,20-24,29-30,32,34,37-38,41-60,62-63,65-68H2,1-3H3,(H,79,86)/b10-7-,19-16-,27-25-,28-26+,33-31-,36-35-,40-39-,64-61+. The van der Waals surface area contributed by atoms with Crippen molar-refractivity contribution in [2.45, 2.75) is 372 Å². The largest absolute Gasteiger partial charge is 0.454 e. The molecule has 1 aliphatic heterocycles. The molecule has 1 aliphatic rings. The van der Waals surface area contributed by atoms with Crippen LogP contribution in [0.3, 0.4) is 0 Å². The van der Waals surface area contributed by atoms with Crippen molar-refractivity contribution in [3.05, 3.63) is 97.2 Å². The monoisotopic (exact) mass is 1250 g/mol. The van der Waals surface area contributed by atoms with Crippen LogP contribution in [0.4, 0.5) is 0 Å². The molecule has 0 aromatic rings. The van der Waals surface area contributed by atoms with E-state index in [9.17, 15) is 35.1 Å². The van der Waals surface area contributed by atoms with Crippen molar-refractivity contribution < 1.29 is 49.3 Å². The molecule has 1 saturated heterocycles. The molecular weight excluding hydrogens is 1110 g/mol. The van der Waals surface area contributed by atoms with Gasteiger partial charge in [0, 0.05) is 6.42 Å². The number of nitrogens with one attached hydrogen (secondary N) is 1. The molecule has 0 bridgehead atoms. The number of rotatable bonds is 63. The Bertz CT molecular complexity index is 1820. The summed E-state index contributed by atoms with van der Waals surface area (Å²) in [4.78, 5) is 26.7. The fraction of sp³-hybridized carbons (Fsp3) is 0.769. The number of unbranched alkanes of at least 4 members (excludes halogenated alkanes) is 35. The predicted octanol–water partition coefficient (Wildman–Crippen LogP) is 19.4. The average Bonchev–Trinajstić information content (AvgIpc) is 3.11. The van der Waals surface area contributed by atoms with Gasteiger partial charge in [0.15, 0.2) is 12.4 Å². The van der Waals surface area contributed by atoms with Crippen LogP contribution < -0.4 is 5.32 Å². The second-order valence-electron chi connectivity index (χ2n) is 25.3. The quantitative estimate of drug-likeness (QED) is 0.0195. The van der Waals surface area contributed by atoms with E-state index in [2.05, 4.69) is 111 Å². The summed E-state index contributed by atoms with van der Waals surface area (Å²) in [6.45, 7) is 5.70. The molecular formula is C78H137NO10. The zero-order valence-corrected chi connectivity index (χ0v) is 57.3. The van der Waals surface area contributed by atoms with Crippen LogP contribution in [0, 0.1) is 0 Å². The molecule has 8 atom stereocenters. The van der Waals surface area contributed by atoms with Crippen LogP contribution in [0.5, 0.6) is 0 Å². The van der Waals surface area contributed by atoms with Gasteiger partial charge in [-0.05, 0) is 103 Å². The predicted molar refractivity (Wildman–Crippen MR) is 375 cm³/mol. The summed E-state index contributed by atoms with van der Waals surface area (Å²) < 4.78 is 17.7. The van der Waals surface area contributed by atoms with Crippen molar-refractivity contribution in [1.82, 2.24) is 5.32 Å². The Balaban J connectivity index is 2.58. The molecule has 11 nitrogen and oxygen atoms in total. The first-order chi connectivity index (χ1) is 43.7. The van der Waals surface area contributed by atoms with Gasteiger partial charge in [0.1, 0.15) is 24.4 Å². The van der Waals surface area contributed by atoms with Crippen LogP contribution in [0.1, 0.15) is 323 Å². The van der Waals surface area contributed by atoms with Crippen LogP contribution in [0.25, 0.3) is 0 Å². The summed E-state index contributed by atoms with van der Waals surface area (Å²) in [7, 11) is 0. The van der Waals surface area contributed by atoms with Gasteiger partial charge in [-0.15, -0.1) is 0 Å². The molecule has 1 amide bonds. The van der Waals surface area contributed by atoms with E-state index in [0.717, 1.165) is 116 Å². The molecule has 0 radical (unpaired) electrons. The number of hydrogen-bond donors (Lipinski definition) is 6. The third-order valence-electron chi connectivity index (χ3n) is 17.0. The van der Waals surface area contributed by atoms with Gasteiger partial charge in [-0.2, -0.15) is 0 Å². The lowest BCUT2D eigenvalue weighted by Crippen LogP contribution is -2.61. The Morgan fingerprint density at radius 1 is 0.449 bits per heavy atom. The van der Waals surface area contributed by atoms with E-state index in [1.807, 2.05) is 6.08 Å². The van der Waals surface area contributed by atoms with E-state index >= 15 is 0 Å². The number of aliphatic hydroxyl groups is 5. The molecule has 1 heterocycles. The molecule has 89 heavy (non-hydrogen) atoms. The molecule has 1 rings (SSSR count). The number of ether oxygens (including phenoxy) is 3. The summed E-state index contributed by atoms with van der Waals surface area (Å²) in [6.07, 6.45) is 77.2. The van der Waals surface area contributed by atoms with Crippen molar-refractivity contribution >= 4 is 11.9 Å². The maximum absolute atomic E-state index is 13.5. The normalized spacial score (nSPS) is 18.7. The van der Waals surface area contributed by atoms with Crippen molar-refractivity contribution in [2.75, 3.05) is 13.2 Å². The fourth-order valence-electron chi connectivity index (χ4n) is 11.2. The molecule has 11 heteroatoms. The maximum atomic E-state index is 13.5. The number of amides is 1. The molecule has 0 aromatic heterocycles. The first-order valence-electron chi connectivity index (χ1n) is 37.0. The van der Waals surface area contributed by atoms with Crippen LogP contribution in [-0.4, -0.2) is 99.6 Å². The van der Waals surface area contributed by atoms with Gasteiger partial charge >= 0.3 is 5.97 Å². The van der Waals surface area contributed by atoms with Gasteiger partial charge in [0.25, 0.3) is 0 Å². The minimum absolute atomic E-state index is 0.120. The Morgan fingerprint density at radius 2 is 0.809 bits per heavy atom. The van der Waals surface area contributed by atoms with E-state index in [1.165, 1.54) is 161 Å². The highest BCUT2D eigenvalue weighted by atomic mass is 16.7. The highest BCUT2D eigenvalue weighted by Gasteiger charge is 2.47. The average molecular weight is 1250 g/mol.